The van der Waals surface area contributed by atoms with E-state index in [1.807, 2.05) is 19.2 Å². The largest absolute Gasteiger partial charge is 0.490 e. The molecule has 1 aliphatic rings. The van der Waals surface area contributed by atoms with E-state index >= 15 is 0 Å². The molecule has 0 spiro atoms. The summed E-state index contributed by atoms with van der Waals surface area (Å²) in [6, 6.07) is 10.5. The molecule has 1 fully saturated rings. The molecular weight excluding hydrogens is 252 g/mol. The minimum absolute atomic E-state index is 0.118. The van der Waals surface area contributed by atoms with Crippen LogP contribution in [0, 0.1) is 11.3 Å². The third-order valence-corrected chi connectivity index (χ3v) is 3.98. The number of nitrogens with zero attached hydrogens (tertiary/aromatic N) is 1. The lowest BCUT2D eigenvalue weighted by atomic mass is 10.0. The summed E-state index contributed by atoms with van der Waals surface area (Å²) in [5.41, 5.74) is 0.829. The zero-order chi connectivity index (χ0) is 14.4. The number of hydrogen-bond acceptors (Lipinski definition) is 4. The van der Waals surface area contributed by atoms with Gasteiger partial charge in [-0.2, -0.15) is 5.26 Å². The number of nitrogens with one attached hydrogen (secondary N) is 1. The molecule has 1 aromatic rings. The molecule has 1 aromatic carbocycles. The van der Waals surface area contributed by atoms with Crippen molar-refractivity contribution in [2.24, 2.45) is 0 Å². The van der Waals surface area contributed by atoms with Crippen molar-refractivity contribution in [2.45, 2.75) is 37.3 Å². The molecule has 0 amide bonds. The molecule has 1 saturated carbocycles. The van der Waals surface area contributed by atoms with Crippen LogP contribution in [0.15, 0.2) is 24.3 Å². The molecule has 0 aromatic heterocycles. The number of rotatable bonds is 6. The van der Waals surface area contributed by atoms with Crippen LogP contribution in [0.4, 0.5) is 0 Å². The quantitative estimate of drug-likeness (QED) is 0.864. The van der Waals surface area contributed by atoms with Crippen LogP contribution in [0.5, 0.6) is 5.75 Å². The van der Waals surface area contributed by atoms with Crippen LogP contribution in [0.3, 0.4) is 0 Å². The predicted molar refractivity (Wildman–Crippen MR) is 77.7 cm³/mol. The van der Waals surface area contributed by atoms with E-state index in [4.69, 9.17) is 9.47 Å². The summed E-state index contributed by atoms with van der Waals surface area (Å²) < 4.78 is 11.0. The fraction of sp³-hybridized carbons (Fsp3) is 0.562. The van der Waals surface area contributed by atoms with Crippen LogP contribution < -0.4 is 10.1 Å². The number of benzene rings is 1. The fourth-order valence-corrected chi connectivity index (χ4v) is 2.63. The van der Waals surface area contributed by atoms with Gasteiger partial charge in [-0.15, -0.1) is 0 Å². The topological polar surface area (TPSA) is 54.3 Å². The van der Waals surface area contributed by atoms with Gasteiger partial charge in [-0.25, -0.2) is 0 Å². The maximum Gasteiger partial charge on any atom is 0.119 e. The highest BCUT2D eigenvalue weighted by molar-refractivity contribution is 5.28. The zero-order valence-corrected chi connectivity index (χ0v) is 12.2. The molecule has 0 aliphatic heterocycles. The van der Waals surface area contributed by atoms with Gasteiger partial charge >= 0.3 is 0 Å². The average Bonchev–Trinajstić information content (AvgIpc) is 2.90. The second-order valence-corrected chi connectivity index (χ2v) is 5.31. The Labute approximate surface area is 120 Å². The molecule has 0 heterocycles. The summed E-state index contributed by atoms with van der Waals surface area (Å²) in [4.78, 5) is 0. The molecular formula is C16H22N2O2. The van der Waals surface area contributed by atoms with Gasteiger partial charge < -0.3 is 14.8 Å². The Morgan fingerprint density at radius 2 is 2.15 bits per heavy atom. The van der Waals surface area contributed by atoms with Crippen LogP contribution in [0.2, 0.25) is 0 Å². The van der Waals surface area contributed by atoms with Crippen LogP contribution in [0.25, 0.3) is 0 Å². The van der Waals surface area contributed by atoms with Crippen molar-refractivity contribution in [3.63, 3.8) is 0 Å². The molecule has 2 atom stereocenters. The van der Waals surface area contributed by atoms with Gasteiger partial charge in [-0.1, -0.05) is 12.1 Å². The van der Waals surface area contributed by atoms with Crippen LogP contribution in [-0.2, 0) is 11.2 Å². The van der Waals surface area contributed by atoms with Crippen molar-refractivity contribution in [3.8, 4) is 11.8 Å². The second-order valence-electron chi connectivity index (χ2n) is 5.31. The molecule has 2 unspecified atom stereocenters. The van der Waals surface area contributed by atoms with Gasteiger partial charge in [0.05, 0.1) is 12.7 Å². The number of ether oxygens (including phenoxy) is 2. The van der Waals surface area contributed by atoms with Gasteiger partial charge in [0, 0.05) is 13.5 Å². The smallest absolute Gasteiger partial charge is 0.119 e. The Kier molecular flexibility index (Phi) is 4.99. The van der Waals surface area contributed by atoms with Crippen molar-refractivity contribution in [2.75, 3.05) is 20.8 Å². The Morgan fingerprint density at radius 3 is 2.70 bits per heavy atom. The third-order valence-electron chi connectivity index (χ3n) is 3.98. The summed E-state index contributed by atoms with van der Waals surface area (Å²) in [5, 5.41) is 12.4. The van der Waals surface area contributed by atoms with Crippen LogP contribution in [0.1, 0.15) is 24.8 Å². The minimum Gasteiger partial charge on any atom is -0.490 e. The van der Waals surface area contributed by atoms with Gasteiger partial charge in [0.2, 0.25) is 0 Å². The number of hydrogen-bond donors (Lipinski definition) is 1. The van der Waals surface area contributed by atoms with Crippen molar-refractivity contribution in [1.82, 2.24) is 5.32 Å². The summed E-state index contributed by atoms with van der Waals surface area (Å²) in [7, 11) is 3.55. The first kappa shape index (κ1) is 14.8. The molecule has 0 radical (unpaired) electrons. The Hall–Kier alpha value is -1.57. The summed E-state index contributed by atoms with van der Waals surface area (Å²) in [5.74, 6) is 0.876. The molecule has 2 rings (SSSR count). The minimum atomic E-state index is -0.414. The van der Waals surface area contributed by atoms with Gasteiger partial charge in [0.1, 0.15) is 17.4 Å². The Balaban J connectivity index is 1.90. The monoisotopic (exact) mass is 274 g/mol. The Bertz CT molecular complexity index is 466. The molecule has 1 aliphatic carbocycles. The van der Waals surface area contributed by atoms with E-state index < -0.39 is 5.54 Å². The predicted octanol–water partition coefficient (Wildman–Crippen LogP) is 2.29. The zero-order valence-electron chi connectivity index (χ0n) is 12.2. The number of nitriles is 1. The van der Waals surface area contributed by atoms with E-state index in [0.717, 1.165) is 38.0 Å². The molecule has 0 saturated heterocycles. The molecule has 1 N–H and O–H groups in total. The number of methoxy groups -OCH3 is 1. The normalized spacial score (nSPS) is 25.4. The van der Waals surface area contributed by atoms with Gasteiger partial charge in [-0.3, -0.25) is 0 Å². The van der Waals surface area contributed by atoms with Crippen molar-refractivity contribution in [1.29, 1.82) is 5.26 Å². The maximum atomic E-state index is 9.24. The SMILES string of the molecule is CNC1(C#N)CCC(Oc2ccc(CCOC)cc2)C1. The lowest BCUT2D eigenvalue weighted by molar-refractivity contribution is 0.200. The van der Waals surface area contributed by atoms with E-state index in [0.29, 0.717) is 0 Å². The standard InChI is InChI=1S/C16H22N2O2/c1-18-16(12-17)9-7-15(11-16)20-14-5-3-13(4-6-14)8-10-19-2/h3-6,15,18H,7-11H2,1-2H3. The fourth-order valence-electron chi connectivity index (χ4n) is 2.63. The van der Waals surface area contributed by atoms with E-state index in [9.17, 15) is 5.26 Å². The first-order valence-electron chi connectivity index (χ1n) is 7.06. The highest BCUT2D eigenvalue weighted by Gasteiger charge is 2.39. The molecule has 0 bridgehead atoms. The van der Waals surface area contributed by atoms with E-state index in [-0.39, 0.29) is 6.10 Å². The van der Waals surface area contributed by atoms with E-state index in [1.165, 1.54) is 5.56 Å². The van der Waals surface area contributed by atoms with Gasteiger partial charge in [-0.05, 0) is 44.0 Å². The first-order chi connectivity index (χ1) is 9.71. The van der Waals surface area contributed by atoms with E-state index in [2.05, 4.69) is 23.5 Å². The van der Waals surface area contributed by atoms with Crippen molar-refractivity contribution >= 4 is 0 Å². The first-order valence-corrected chi connectivity index (χ1v) is 7.06. The highest BCUT2D eigenvalue weighted by atomic mass is 16.5. The highest BCUT2D eigenvalue weighted by Crippen LogP contribution is 2.32. The maximum absolute atomic E-state index is 9.24. The van der Waals surface area contributed by atoms with Crippen molar-refractivity contribution in [3.05, 3.63) is 29.8 Å². The summed E-state index contributed by atoms with van der Waals surface area (Å²) >= 11 is 0. The molecule has 4 heteroatoms. The summed E-state index contributed by atoms with van der Waals surface area (Å²) in [6.45, 7) is 0.732. The van der Waals surface area contributed by atoms with Gasteiger partial charge in [0.15, 0.2) is 0 Å². The third kappa shape index (κ3) is 3.50. The summed E-state index contributed by atoms with van der Waals surface area (Å²) in [6.07, 6.45) is 3.53. The van der Waals surface area contributed by atoms with E-state index in [1.54, 1.807) is 7.11 Å². The molecule has 4 nitrogen and oxygen atoms in total. The van der Waals surface area contributed by atoms with Crippen molar-refractivity contribution < 1.29 is 9.47 Å². The van der Waals surface area contributed by atoms with Crippen LogP contribution >= 0.6 is 0 Å². The Morgan fingerprint density at radius 1 is 1.40 bits per heavy atom. The lowest BCUT2D eigenvalue weighted by Gasteiger charge is -2.20. The molecule has 20 heavy (non-hydrogen) atoms. The van der Waals surface area contributed by atoms with Gasteiger partial charge in [0.25, 0.3) is 0 Å². The lowest BCUT2D eigenvalue weighted by Crippen LogP contribution is -2.39. The average molecular weight is 274 g/mol. The second kappa shape index (κ2) is 6.74. The molecule has 108 valence electrons. The van der Waals surface area contributed by atoms with Crippen LogP contribution in [-0.4, -0.2) is 32.4 Å².